The van der Waals surface area contributed by atoms with Gasteiger partial charge in [-0.15, -0.1) is 0 Å². The van der Waals surface area contributed by atoms with Crippen LogP contribution in [0.3, 0.4) is 0 Å². The van der Waals surface area contributed by atoms with Crippen molar-refractivity contribution in [2.45, 2.75) is 31.8 Å². The summed E-state index contributed by atoms with van der Waals surface area (Å²) in [5, 5.41) is 9.57. The second-order valence-corrected chi connectivity index (χ2v) is 5.87. The number of amides is 1. The number of nitrogen functional groups attached to an aromatic ring is 1. The first-order chi connectivity index (χ1) is 9.56. The monoisotopic (exact) mass is 275 g/mol. The maximum Gasteiger partial charge on any atom is 0.256 e. The fourth-order valence-electron chi connectivity index (χ4n) is 3.35. The molecule has 0 bridgehead atoms. The molecule has 1 amide bonds. The summed E-state index contributed by atoms with van der Waals surface area (Å²) in [5.74, 6) is 0.00663. The first kappa shape index (κ1) is 13.2. The second-order valence-electron chi connectivity index (χ2n) is 5.87. The Morgan fingerprint density at radius 3 is 3.00 bits per heavy atom. The predicted molar refractivity (Wildman–Crippen MR) is 77.6 cm³/mol. The van der Waals surface area contributed by atoms with E-state index in [9.17, 15) is 9.90 Å². The molecule has 2 heterocycles. The molecule has 1 aromatic rings. The number of phenols is 1. The molecule has 108 valence electrons. The van der Waals surface area contributed by atoms with Crippen molar-refractivity contribution in [3.05, 3.63) is 23.8 Å². The van der Waals surface area contributed by atoms with Crippen molar-refractivity contribution >= 4 is 11.6 Å². The number of phenolic OH excluding ortho intramolecular Hbond substituents is 1. The van der Waals surface area contributed by atoms with Crippen molar-refractivity contribution in [2.24, 2.45) is 0 Å². The van der Waals surface area contributed by atoms with E-state index in [1.165, 1.54) is 18.6 Å². The lowest BCUT2D eigenvalue weighted by atomic mass is 10.0. The van der Waals surface area contributed by atoms with E-state index >= 15 is 0 Å². The number of nitrogens with zero attached hydrogens (tertiary/aromatic N) is 2. The Labute approximate surface area is 119 Å². The van der Waals surface area contributed by atoms with E-state index in [2.05, 4.69) is 11.8 Å². The highest BCUT2D eigenvalue weighted by Crippen LogP contribution is 2.27. The largest absolute Gasteiger partial charge is 0.508 e. The molecule has 0 spiro atoms. The number of anilines is 1. The lowest BCUT2D eigenvalue weighted by molar-refractivity contribution is 0.0396. The zero-order chi connectivity index (χ0) is 14.3. The molecular weight excluding hydrogens is 254 g/mol. The van der Waals surface area contributed by atoms with Gasteiger partial charge in [-0.1, -0.05) is 0 Å². The van der Waals surface area contributed by atoms with Gasteiger partial charge >= 0.3 is 0 Å². The molecule has 0 aromatic heterocycles. The number of hydrogen-bond acceptors (Lipinski definition) is 4. The smallest absolute Gasteiger partial charge is 0.256 e. The van der Waals surface area contributed by atoms with Crippen LogP contribution in [0.2, 0.25) is 0 Å². The van der Waals surface area contributed by atoms with Crippen LogP contribution in [0.1, 0.15) is 30.1 Å². The molecule has 0 radical (unpaired) electrons. The van der Waals surface area contributed by atoms with Crippen LogP contribution in [0, 0.1) is 0 Å². The first-order valence-corrected chi connectivity index (χ1v) is 7.20. The highest BCUT2D eigenvalue weighted by atomic mass is 16.3. The molecular formula is C15H21N3O2. The SMILES string of the molecule is CC1CN2CCCC2CN1C(=O)c1cc(O)ccc1N. The molecule has 5 nitrogen and oxygen atoms in total. The van der Waals surface area contributed by atoms with Crippen LogP contribution in [0.4, 0.5) is 5.69 Å². The molecule has 3 N–H and O–H groups in total. The highest BCUT2D eigenvalue weighted by Gasteiger charge is 2.37. The van der Waals surface area contributed by atoms with Gasteiger partial charge in [-0.2, -0.15) is 0 Å². The van der Waals surface area contributed by atoms with Gasteiger partial charge in [0.1, 0.15) is 5.75 Å². The summed E-state index contributed by atoms with van der Waals surface area (Å²) in [6.07, 6.45) is 2.37. The van der Waals surface area contributed by atoms with Crippen LogP contribution in [-0.4, -0.2) is 52.5 Å². The van der Waals surface area contributed by atoms with E-state index < -0.39 is 0 Å². The minimum atomic E-state index is -0.0718. The maximum atomic E-state index is 12.7. The molecule has 2 unspecified atom stereocenters. The number of benzene rings is 1. The minimum absolute atomic E-state index is 0.0718. The van der Waals surface area contributed by atoms with E-state index in [4.69, 9.17) is 5.73 Å². The van der Waals surface area contributed by atoms with Crippen LogP contribution in [0.5, 0.6) is 5.75 Å². The molecule has 2 fully saturated rings. The number of aromatic hydroxyl groups is 1. The molecule has 3 rings (SSSR count). The second kappa shape index (κ2) is 4.98. The third kappa shape index (κ3) is 2.22. The Hall–Kier alpha value is -1.75. The molecule has 0 saturated carbocycles. The average molecular weight is 275 g/mol. The van der Waals surface area contributed by atoms with E-state index in [1.54, 1.807) is 6.07 Å². The van der Waals surface area contributed by atoms with E-state index in [0.717, 1.165) is 26.1 Å². The van der Waals surface area contributed by atoms with Gasteiger partial charge in [0.2, 0.25) is 0 Å². The quantitative estimate of drug-likeness (QED) is 0.598. The number of piperazine rings is 1. The number of hydrogen-bond donors (Lipinski definition) is 2. The van der Waals surface area contributed by atoms with Gasteiger partial charge in [0.05, 0.1) is 5.56 Å². The van der Waals surface area contributed by atoms with Gasteiger partial charge in [0.15, 0.2) is 0 Å². The summed E-state index contributed by atoms with van der Waals surface area (Å²) in [7, 11) is 0. The third-order valence-corrected chi connectivity index (χ3v) is 4.47. The molecule has 2 aliphatic heterocycles. The molecule has 0 aliphatic carbocycles. The Morgan fingerprint density at radius 2 is 2.20 bits per heavy atom. The van der Waals surface area contributed by atoms with Crippen molar-refractivity contribution in [1.82, 2.24) is 9.80 Å². The molecule has 2 atom stereocenters. The zero-order valence-electron chi connectivity index (χ0n) is 11.7. The summed E-state index contributed by atoms with van der Waals surface area (Å²) < 4.78 is 0. The number of fused-ring (bicyclic) bond motifs is 1. The van der Waals surface area contributed by atoms with Crippen LogP contribution in [0.25, 0.3) is 0 Å². The standard InChI is InChI=1S/C15H21N3O2/c1-10-8-17-6-2-3-11(17)9-18(10)15(20)13-7-12(19)4-5-14(13)16/h4-5,7,10-11,19H,2-3,6,8-9,16H2,1H3. The fraction of sp³-hybridized carbons (Fsp3) is 0.533. The summed E-state index contributed by atoms with van der Waals surface area (Å²) in [5.41, 5.74) is 6.71. The van der Waals surface area contributed by atoms with E-state index in [1.807, 2.05) is 4.90 Å². The predicted octanol–water partition coefficient (Wildman–Crippen LogP) is 1.28. The van der Waals surface area contributed by atoms with E-state index in [-0.39, 0.29) is 17.7 Å². The van der Waals surface area contributed by atoms with Crippen molar-refractivity contribution in [3.8, 4) is 5.75 Å². The van der Waals surface area contributed by atoms with Crippen molar-refractivity contribution < 1.29 is 9.90 Å². The van der Waals surface area contributed by atoms with Crippen LogP contribution in [-0.2, 0) is 0 Å². The molecule has 2 aliphatic rings. The summed E-state index contributed by atoms with van der Waals surface area (Å²) in [6, 6.07) is 5.21. The summed E-state index contributed by atoms with van der Waals surface area (Å²) in [4.78, 5) is 17.1. The number of carbonyl (C=O) groups excluding carboxylic acids is 1. The third-order valence-electron chi connectivity index (χ3n) is 4.47. The van der Waals surface area contributed by atoms with Crippen molar-refractivity contribution in [3.63, 3.8) is 0 Å². The van der Waals surface area contributed by atoms with Gasteiger partial charge in [-0.05, 0) is 44.5 Å². The summed E-state index contributed by atoms with van der Waals surface area (Å²) in [6.45, 7) is 4.90. The van der Waals surface area contributed by atoms with Gasteiger partial charge in [0, 0.05) is 30.9 Å². The Morgan fingerprint density at radius 1 is 1.40 bits per heavy atom. The lowest BCUT2D eigenvalue weighted by Gasteiger charge is -2.42. The van der Waals surface area contributed by atoms with Crippen molar-refractivity contribution in [1.29, 1.82) is 0 Å². The van der Waals surface area contributed by atoms with Gasteiger partial charge in [0.25, 0.3) is 5.91 Å². The number of nitrogens with two attached hydrogens (primary N) is 1. The highest BCUT2D eigenvalue weighted by molar-refractivity contribution is 5.99. The van der Waals surface area contributed by atoms with Gasteiger partial charge in [-0.3, -0.25) is 9.69 Å². The van der Waals surface area contributed by atoms with Gasteiger partial charge < -0.3 is 15.7 Å². The van der Waals surface area contributed by atoms with E-state index in [0.29, 0.717) is 17.3 Å². The average Bonchev–Trinajstić information content (AvgIpc) is 2.87. The Balaban J connectivity index is 1.84. The zero-order valence-corrected chi connectivity index (χ0v) is 11.7. The van der Waals surface area contributed by atoms with Crippen LogP contribution in [0.15, 0.2) is 18.2 Å². The minimum Gasteiger partial charge on any atom is -0.508 e. The normalized spacial score (nSPS) is 26.6. The Bertz CT molecular complexity index is 532. The Kier molecular flexibility index (Phi) is 3.30. The number of rotatable bonds is 1. The van der Waals surface area contributed by atoms with Crippen LogP contribution < -0.4 is 5.73 Å². The van der Waals surface area contributed by atoms with Crippen LogP contribution >= 0.6 is 0 Å². The molecule has 5 heteroatoms. The molecule has 20 heavy (non-hydrogen) atoms. The molecule has 2 saturated heterocycles. The topological polar surface area (TPSA) is 69.8 Å². The van der Waals surface area contributed by atoms with Crippen molar-refractivity contribution in [2.75, 3.05) is 25.4 Å². The molecule has 1 aromatic carbocycles. The van der Waals surface area contributed by atoms with Gasteiger partial charge in [-0.25, -0.2) is 0 Å². The lowest BCUT2D eigenvalue weighted by Crippen LogP contribution is -2.56. The summed E-state index contributed by atoms with van der Waals surface area (Å²) >= 11 is 0. The number of carbonyl (C=O) groups is 1. The fourth-order valence-corrected chi connectivity index (χ4v) is 3.35. The maximum absolute atomic E-state index is 12.7. The first-order valence-electron chi connectivity index (χ1n) is 7.20.